The lowest BCUT2D eigenvalue weighted by Gasteiger charge is -2.37. The van der Waals surface area contributed by atoms with E-state index >= 15 is 0 Å². The monoisotopic (exact) mass is 660 g/mol. The number of amides is 3. The summed E-state index contributed by atoms with van der Waals surface area (Å²) in [7, 11) is 0. The van der Waals surface area contributed by atoms with Gasteiger partial charge in [0.1, 0.15) is 23.2 Å². The molecule has 0 unspecified atom stereocenters. The number of fused-ring (bicyclic) bond motifs is 1. The van der Waals surface area contributed by atoms with Crippen LogP contribution in [-0.4, -0.2) is 64.0 Å². The van der Waals surface area contributed by atoms with E-state index in [2.05, 4.69) is 16.0 Å². The number of nitrogens with zero attached hydrogens (tertiary/aromatic N) is 1. The third kappa shape index (κ3) is 7.93. The molecule has 8 nitrogen and oxygen atoms in total. The number of hydrogen-bond acceptors (Lipinski definition) is 5. The van der Waals surface area contributed by atoms with E-state index in [1.807, 2.05) is 68.4 Å². The van der Waals surface area contributed by atoms with Crippen LogP contribution in [0.25, 0.3) is 0 Å². The summed E-state index contributed by atoms with van der Waals surface area (Å²) in [5.41, 5.74) is 2.33. The van der Waals surface area contributed by atoms with Gasteiger partial charge in [-0.05, 0) is 72.4 Å². The number of likely N-dealkylation sites (tertiary alicyclic amines) is 1. The standard InChI is InChI=1S/C38H46F2N4O4/c1-4-24(2)38(43-25(3)45)16-17-44(37(38)48)34(15-14-26-10-6-5-7-11-26)36(47)42-33(20-27-18-30(39)22-31(40)19-27)35(46)32-21-28-12-8-9-13-29(28)23-41-32/h5-13,18-19,22,24,32-35,41,46H,4,14-17,20-21,23H2,1-3H3,(H,42,47)(H,43,45)/t24-,32-,33-,34-,35+,38-/m0/s1. The summed E-state index contributed by atoms with van der Waals surface area (Å²) in [5.74, 6) is -2.78. The molecule has 1 saturated heterocycles. The van der Waals surface area contributed by atoms with E-state index in [1.165, 1.54) is 19.1 Å². The van der Waals surface area contributed by atoms with Crippen molar-refractivity contribution in [3.8, 4) is 0 Å². The molecule has 3 aromatic carbocycles. The molecule has 3 amide bonds. The van der Waals surface area contributed by atoms with Gasteiger partial charge in [-0.1, -0.05) is 74.9 Å². The lowest BCUT2D eigenvalue weighted by Crippen LogP contribution is -2.61. The van der Waals surface area contributed by atoms with Crippen molar-refractivity contribution in [3.05, 3.63) is 107 Å². The first-order valence-electron chi connectivity index (χ1n) is 16.9. The fourth-order valence-corrected chi connectivity index (χ4v) is 7.31. The van der Waals surface area contributed by atoms with E-state index in [9.17, 15) is 28.3 Å². The van der Waals surface area contributed by atoms with Gasteiger partial charge in [0, 0.05) is 32.1 Å². The third-order valence-electron chi connectivity index (χ3n) is 10.1. The van der Waals surface area contributed by atoms with Crippen LogP contribution in [0.15, 0.2) is 72.8 Å². The predicted octanol–water partition coefficient (Wildman–Crippen LogP) is 4.22. The Balaban J connectivity index is 1.45. The smallest absolute Gasteiger partial charge is 0.249 e. The minimum atomic E-state index is -1.14. The summed E-state index contributed by atoms with van der Waals surface area (Å²) in [5, 5.41) is 21.1. The number of aliphatic hydroxyl groups is 1. The van der Waals surface area contributed by atoms with E-state index in [1.54, 1.807) is 4.90 Å². The van der Waals surface area contributed by atoms with Gasteiger partial charge in [-0.15, -0.1) is 0 Å². The normalized spacial score (nSPS) is 21.6. The second-order valence-electron chi connectivity index (χ2n) is 13.3. The highest BCUT2D eigenvalue weighted by atomic mass is 19.1. The molecule has 5 rings (SSSR count). The van der Waals surface area contributed by atoms with Crippen LogP contribution in [0.5, 0.6) is 0 Å². The molecular formula is C38H46F2N4O4. The van der Waals surface area contributed by atoms with Crippen LogP contribution in [0.2, 0.25) is 0 Å². The Morgan fingerprint density at radius 2 is 1.69 bits per heavy atom. The van der Waals surface area contributed by atoms with E-state index in [4.69, 9.17) is 0 Å². The summed E-state index contributed by atoms with van der Waals surface area (Å²) >= 11 is 0. The average molecular weight is 661 g/mol. The van der Waals surface area contributed by atoms with Gasteiger partial charge in [0.15, 0.2) is 0 Å². The van der Waals surface area contributed by atoms with E-state index < -0.39 is 47.3 Å². The number of rotatable bonds is 13. The van der Waals surface area contributed by atoms with Crippen molar-refractivity contribution in [3.63, 3.8) is 0 Å². The first-order chi connectivity index (χ1) is 23.0. The molecule has 0 bridgehead atoms. The molecule has 4 N–H and O–H groups in total. The molecule has 0 aliphatic carbocycles. The van der Waals surface area contributed by atoms with Gasteiger partial charge in [0.05, 0.1) is 12.1 Å². The second-order valence-corrected chi connectivity index (χ2v) is 13.3. The summed E-state index contributed by atoms with van der Waals surface area (Å²) < 4.78 is 28.6. The van der Waals surface area contributed by atoms with Gasteiger partial charge in [-0.2, -0.15) is 0 Å². The molecule has 2 heterocycles. The topological polar surface area (TPSA) is 111 Å². The SMILES string of the molecule is CC[C@H](C)[C@@]1(NC(C)=O)CCN([C@@H](CCc2ccccc2)C(=O)N[C@@H](Cc2cc(F)cc(F)c2)[C@H](O)[C@@H]2Cc3ccccc3CN2)C1=O. The minimum Gasteiger partial charge on any atom is -0.389 e. The van der Waals surface area contributed by atoms with E-state index in [0.717, 1.165) is 22.8 Å². The highest BCUT2D eigenvalue weighted by Gasteiger charge is 2.53. The van der Waals surface area contributed by atoms with Gasteiger partial charge >= 0.3 is 0 Å². The molecule has 0 radical (unpaired) electrons. The van der Waals surface area contributed by atoms with Gasteiger partial charge in [-0.25, -0.2) is 8.78 Å². The molecule has 2 aliphatic heterocycles. The number of aliphatic hydroxyl groups excluding tert-OH is 1. The minimum absolute atomic E-state index is 0.0382. The first-order valence-corrected chi connectivity index (χ1v) is 16.9. The molecule has 1 fully saturated rings. The van der Waals surface area contributed by atoms with Gasteiger partial charge < -0.3 is 26.0 Å². The van der Waals surface area contributed by atoms with Gasteiger partial charge in [0.2, 0.25) is 17.7 Å². The number of halogens is 2. The molecule has 0 saturated carbocycles. The molecule has 256 valence electrons. The third-order valence-corrected chi connectivity index (χ3v) is 10.1. The number of aryl methyl sites for hydroxylation is 1. The number of nitrogens with one attached hydrogen (secondary N) is 3. The van der Waals surface area contributed by atoms with Gasteiger partial charge in [-0.3, -0.25) is 14.4 Å². The molecule has 3 aromatic rings. The van der Waals surface area contributed by atoms with Crippen LogP contribution >= 0.6 is 0 Å². The predicted molar refractivity (Wildman–Crippen MR) is 180 cm³/mol. The fourth-order valence-electron chi connectivity index (χ4n) is 7.31. The van der Waals surface area contributed by atoms with E-state index in [0.29, 0.717) is 38.6 Å². The first kappa shape index (κ1) is 35.2. The second kappa shape index (κ2) is 15.4. The van der Waals surface area contributed by atoms with Crippen LogP contribution in [0.3, 0.4) is 0 Å². The lowest BCUT2D eigenvalue weighted by molar-refractivity contribution is -0.144. The lowest BCUT2D eigenvalue weighted by atomic mass is 9.81. The van der Waals surface area contributed by atoms with Crippen molar-refractivity contribution in [2.75, 3.05) is 6.54 Å². The van der Waals surface area contributed by atoms with Crippen molar-refractivity contribution in [1.82, 2.24) is 20.9 Å². The Labute approximate surface area is 281 Å². The van der Waals surface area contributed by atoms with Crippen molar-refractivity contribution in [2.45, 2.75) is 95.6 Å². The van der Waals surface area contributed by atoms with Crippen LogP contribution < -0.4 is 16.0 Å². The molecule has 2 aliphatic rings. The van der Waals surface area contributed by atoms with Gasteiger partial charge in [0.25, 0.3) is 0 Å². The quantitative estimate of drug-likeness (QED) is 0.220. The number of benzene rings is 3. The molecular weight excluding hydrogens is 614 g/mol. The highest BCUT2D eigenvalue weighted by Crippen LogP contribution is 2.34. The average Bonchev–Trinajstić information content (AvgIpc) is 3.38. The maximum absolute atomic E-state index is 14.4. The van der Waals surface area contributed by atoms with Crippen molar-refractivity contribution < 1.29 is 28.3 Å². The summed E-state index contributed by atoms with van der Waals surface area (Å²) in [4.78, 5) is 42.5. The van der Waals surface area contributed by atoms with E-state index in [-0.39, 0.29) is 36.3 Å². The molecule has 0 spiro atoms. The largest absolute Gasteiger partial charge is 0.389 e. The van der Waals surface area contributed by atoms with Crippen LogP contribution in [0.1, 0.15) is 62.3 Å². The summed E-state index contributed by atoms with van der Waals surface area (Å²) in [6.45, 7) is 6.06. The fraction of sp³-hybridized carbons (Fsp3) is 0.447. The maximum atomic E-state index is 14.4. The van der Waals surface area contributed by atoms with Crippen LogP contribution in [0.4, 0.5) is 8.78 Å². The Hall–Kier alpha value is -4.15. The molecule has 10 heteroatoms. The van der Waals surface area contributed by atoms with Crippen molar-refractivity contribution in [1.29, 1.82) is 0 Å². The summed E-state index contributed by atoms with van der Waals surface area (Å²) in [6.07, 6.45) is 1.14. The van der Waals surface area contributed by atoms with Crippen LogP contribution in [0, 0.1) is 17.6 Å². The number of carbonyl (C=O) groups excluding carboxylic acids is 3. The Bertz CT molecular complexity index is 1580. The van der Waals surface area contributed by atoms with Crippen LogP contribution in [-0.2, 0) is 40.2 Å². The zero-order chi connectivity index (χ0) is 34.4. The Kier molecular flexibility index (Phi) is 11.3. The zero-order valence-electron chi connectivity index (χ0n) is 27.8. The Morgan fingerprint density at radius 3 is 2.35 bits per heavy atom. The number of hydrogen-bond donors (Lipinski definition) is 4. The Morgan fingerprint density at radius 1 is 1.02 bits per heavy atom. The van der Waals surface area contributed by atoms with Crippen molar-refractivity contribution in [2.24, 2.45) is 5.92 Å². The molecule has 6 atom stereocenters. The number of carbonyl (C=O) groups is 3. The van der Waals surface area contributed by atoms with Crippen molar-refractivity contribution >= 4 is 17.7 Å². The molecule has 48 heavy (non-hydrogen) atoms. The summed E-state index contributed by atoms with van der Waals surface area (Å²) in [6, 6.07) is 18.4. The molecule has 0 aromatic heterocycles. The zero-order valence-corrected chi connectivity index (χ0v) is 27.8. The maximum Gasteiger partial charge on any atom is 0.249 e. The highest BCUT2D eigenvalue weighted by molar-refractivity contribution is 5.96.